The number of hydrogen-bond acceptors (Lipinski definition) is 2. The Morgan fingerprint density at radius 1 is 1.43 bits per heavy atom. The molecule has 0 bridgehead atoms. The Labute approximate surface area is 79.6 Å². The smallest absolute Gasteiger partial charge is 0.337 e. The maximum Gasteiger partial charge on any atom is 0.337 e. The van der Waals surface area contributed by atoms with Gasteiger partial charge in [-0.3, -0.25) is 4.79 Å². The van der Waals surface area contributed by atoms with Crippen molar-refractivity contribution in [1.82, 2.24) is 4.57 Å². The van der Waals surface area contributed by atoms with Crippen LogP contribution in [0.25, 0.3) is 0 Å². The van der Waals surface area contributed by atoms with Crippen LogP contribution in [0.5, 0.6) is 0 Å². The number of aromatic carboxylic acids is 1. The highest BCUT2D eigenvalue weighted by Gasteiger charge is 2.33. The predicted molar refractivity (Wildman–Crippen MR) is 46.4 cm³/mol. The highest BCUT2D eigenvalue weighted by molar-refractivity contribution is 5.92. The molecule has 0 unspecified atom stereocenters. The molecule has 0 radical (unpaired) electrons. The molecule has 0 aromatic carbocycles. The minimum Gasteiger partial charge on any atom is -0.481 e. The molecule has 2 N–H and O–H groups in total. The number of aryl methyl sites for hydroxylation is 1. The van der Waals surface area contributed by atoms with Crippen molar-refractivity contribution < 1.29 is 19.8 Å². The van der Waals surface area contributed by atoms with E-state index in [1.807, 2.05) is 0 Å². The van der Waals surface area contributed by atoms with Crippen LogP contribution in [0.4, 0.5) is 0 Å². The molecule has 1 aliphatic rings. The first-order valence-electron chi connectivity index (χ1n) is 4.26. The second-order valence-corrected chi connectivity index (χ2v) is 3.29. The molecule has 0 spiro atoms. The molecule has 2 heterocycles. The number of rotatable bonds is 2. The van der Waals surface area contributed by atoms with Crippen LogP contribution >= 0.6 is 0 Å². The van der Waals surface area contributed by atoms with Gasteiger partial charge in [-0.2, -0.15) is 0 Å². The molecule has 2 rings (SSSR count). The lowest BCUT2D eigenvalue weighted by Gasteiger charge is -2.04. The first-order valence-corrected chi connectivity index (χ1v) is 4.26. The fourth-order valence-electron chi connectivity index (χ4n) is 1.89. The summed E-state index contributed by atoms with van der Waals surface area (Å²) in [5.41, 5.74) is 0.528. The Hall–Kier alpha value is -1.78. The quantitative estimate of drug-likeness (QED) is 0.730. The zero-order valence-electron chi connectivity index (χ0n) is 7.30. The Kier molecular flexibility index (Phi) is 1.80. The van der Waals surface area contributed by atoms with E-state index in [-0.39, 0.29) is 5.56 Å². The van der Waals surface area contributed by atoms with E-state index in [9.17, 15) is 9.59 Å². The molecule has 0 saturated carbocycles. The summed E-state index contributed by atoms with van der Waals surface area (Å²) in [5, 5.41) is 17.7. The van der Waals surface area contributed by atoms with Gasteiger partial charge < -0.3 is 14.8 Å². The van der Waals surface area contributed by atoms with Crippen molar-refractivity contribution in [1.29, 1.82) is 0 Å². The van der Waals surface area contributed by atoms with Gasteiger partial charge in [-0.15, -0.1) is 0 Å². The molecular formula is C9H9NO4. The van der Waals surface area contributed by atoms with Crippen molar-refractivity contribution in [3.05, 3.63) is 23.5 Å². The van der Waals surface area contributed by atoms with Gasteiger partial charge in [0.15, 0.2) is 0 Å². The van der Waals surface area contributed by atoms with Crippen molar-refractivity contribution in [2.24, 2.45) is 0 Å². The molecule has 74 valence electrons. The van der Waals surface area contributed by atoms with Crippen molar-refractivity contribution in [2.45, 2.75) is 18.9 Å². The average molecular weight is 195 g/mol. The molecular weight excluding hydrogens is 186 g/mol. The zero-order valence-corrected chi connectivity index (χ0v) is 7.30. The topological polar surface area (TPSA) is 79.5 Å². The Morgan fingerprint density at radius 3 is 2.71 bits per heavy atom. The third-order valence-corrected chi connectivity index (χ3v) is 2.52. The maximum absolute atomic E-state index is 10.8. The van der Waals surface area contributed by atoms with E-state index < -0.39 is 17.9 Å². The number of fused-ring (bicyclic) bond motifs is 1. The van der Waals surface area contributed by atoms with Gasteiger partial charge in [0.05, 0.1) is 11.5 Å². The predicted octanol–water partition coefficient (Wildman–Crippen LogP) is 0.758. The number of aromatic nitrogens is 1. The van der Waals surface area contributed by atoms with Gasteiger partial charge in [0.2, 0.25) is 0 Å². The van der Waals surface area contributed by atoms with E-state index in [1.54, 1.807) is 10.8 Å². The minimum atomic E-state index is -1.06. The molecule has 0 saturated heterocycles. The minimum absolute atomic E-state index is 0.106. The van der Waals surface area contributed by atoms with Crippen molar-refractivity contribution in [3.8, 4) is 0 Å². The number of carboxylic acids is 2. The highest BCUT2D eigenvalue weighted by atomic mass is 16.4. The maximum atomic E-state index is 10.8. The molecule has 5 heteroatoms. The number of carbonyl (C=O) groups is 2. The summed E-state index contributed by atoms with van der Waals surface area (Å²) in [5.74, 6) is -2.69. The van der Waals surface area contributed by atoms with Crippen molar-refractivity contribution >= 4 is 11.9 Å². The van der Waals surface area contributed by atoms with Crippen LogP contribution in [-0.2, 0) is 11.3 Å². The second-order valence-electron chi connectivity index (χ2n) is 3.29. The third kappa shape index (κ3) is 1.09. The molecule has 1 atom stereocenters. The SMILES string of the molecule is O=C(O)c1ccn2c1[C@H](C(=O)O)CC2. The van der Waals surface area contributed by atoms with Crippen LogP contribution < -0.4 is 0 Å². The van der Waals surface area contributed by atoms with E-state index in [0.29, 0.717) is 18.7 Å². The summed E-state index contributed by atoms with van der Waals surface area (Å²) in [6.07, 6.45) is 2.10. The summed E-state index contributed by atoms with van der Waals surface area (Å²) in [6.45, 7) is 0.583. The van der Waals surface area contributed by atoms with Gasteiger partial charge in [-0.05, 0) is 12.5 Å². The number of nitrogens with zero attached hydrogens (tertiary/aromatic N) is 1. The summed E-state index contributed by atoms with van der Waals surface area (Å²) >= 11 is 0. The van der Waals surface area contributed by atoms with Crippen LogP contribution in [0.15, 0.2) is 12.3 Å². The summed E-state index contributed by atoms with van der Waals surface area (Å²) in [6, 6.07) is 1.45. The van der Waals surface area contributed by atoms with Gasteiger partial charge in [0.1, 0.15) is 0 Å². The third-order valence-electron chi connectivity index (χ3n) is 2.52. The lowest BCUT2D eigenvalue weighted by atomic mass is 10.0. The van der Waals surface area contributed by atoms with E-state index in [0.717, 1.165) is 0 Å². The van der Waals surface area contributed by atoms with Crippen molar-refractivity contribution in [3.63, 3.8) is 0 Å². The molecule has 1 aliphatic heterocycles. The first-order chi connectivity index (χ1) is 6.61. The van der Waals surface area contributed by atoms with Crippen LogP contribution in [0.1, 0.15) is 28.4 Å². The van der Waals surface area contributed by atoms with E-state index >= 15 is 0 Å². The van der Waals surface area contributed by atoms with E-state index in [1.165, 1.54) is 6.07 Å². The molecule has 1 aromatic heterocycles. The Balaban J connectivity index is 2.50. The van der Waals surface area contributed by atoms with Crippen LogP contribution in [-0.4, -0.2) is 26.7 Å². The van der Waals surface area contributed by atoms with Gasteiger partial charge >= 0.3 is 11.9 Å². The lowest BCUT2D eigenvalue weighted by molar-refractivity contribution is -0.138. The molecule has 0 aliphatic carbocycles. The summed E-state index contributed by atoms with van der Waals surface area (Å²) in [7, 11) is 0. The van der Waals surface area contributed by atoms with Gasteiger partial charge in [-0.1, -0.05) is 0 Å². The second kappa shape index (κ2) is 2.87. The number of carboxylic acid groups (broad SMARTS) is 2. The summed E-state index contributed by atoms with van der Waals surface area (Å²) in [4.78, 5) is 21.6. The highest BCUT2D eigenvalue weighted by Crippen LogP contribution is 2.31. The molecule has 0 fully saturated rings. The monoisotopic (exact) mass is 195 g/mol. The van der Waals surface area contributed by atoms with Gasteiger partial charge in [-0.25, -0.2) is 4.79 Å². The summed E-state index contributed by atoms with van der Waals surface area (Å²) < 4.78 is 1.70. The molecule has 14 heavy (non-hydrogen) atoms. The van der Waals surface area contributed by atoms with Crippen molar-refractivity contribution in [2.75, 3.05) is 0 Å². The molecule has 5 nitrogen and oxygen atoms in total. The molecule has 1 aromatic rings. The first kappa shape index (κ1) is 8.80. The van der Waals surface area contributed by atoms with Crippen LogP contribution in [0.3, 0.4) is 0 Å². The van der Waals surface area contributed by atoms with E-state index in [4.69, 9.17) is 10.2 Å². The van der Waals surface area contributed by atoms with Crippen LogP contribution in [0.2, 0.25) is 0 Å². The Morgan fingerprint density at radius 2 is 2.14 bits per heavy atom. The molecule has 0 amide bonds. The number of hydrogen-bond donors (Lipinski definition) is 2. The standard InChI is InChI=1S/C9H9NO4/c11-8(12)5-1-3-10-4-2-6(7(5)10)9(13)14/h1,3,6H,2,4H2,(H,11,12)(H,13,14)/t6-/m1/s1. The van der Waals surface area contributed by atoms with E-state index in [2.05, 4.69) is 0 Å². The zero-order chi connectivity index (χ0) is 10.3. The largest absolute Gasteiger partial charge is 0.481 e. The normalized spacial score (nSPS) is 19.3. The lowest BCUT2D eigenvalue weighted by Crippen LogP contribution is -2.11. The average Bonchev–Trinajstić information content (AvgIpc) is 2.59. The fraction of sp³-hybridized carbons (Fsp3) is 0.333. The van der Waals surface area contributed by atoms with Crippen LogP contribution in [0, 0.1) is 0 Å². The number of aliphatic carboxylic acids is 1. The van der Waals surface area contributed by atoms with Gasteiger partial charge in [0.25, 0.3) is 0 Å². The fourth-order valence-corrected chi connectivity index (χ4v) is 1.89. The van der Waals surface area contributed by atoms with Gasteiger partial charge in [0, 0.05) is 18.4 Å². The Bertz CT molecular complexity index is 407.